The Bertz CT molecular complexity index is 581. The molecule has 8 nitrogen and oxygen atoms in total. The molecule has 0 aliphatic rings. The third-order valence-corrected chi connectivity index (χ3v) is 5.97. The maximum atomic E-state index is 12.3. The van der Waals surface area contributed by atoms with Crippen LogP contribution in [0, 0.1) is 5.41 Å². The van der Waals surface area contributed by atoms with E-state index in [-0.39, 0.29) is 32.1 Å². The highest BCUT2D eigenvalue weighted by Crippen LogP contribution is 2.25. The first-order valence-corrected chi connectivity index (χ1v) is 11.3. The molecule has 0 fully saturated rings. The normalized spacial score (nSPS) is 14.9. The van der Waals surface area contributed by atoms with Crippen LogP contribution in [0.15, 0.2) is 0 Å². The third kappa shape index (κ3) is 11.8. The summed E-state index contributed by atoms with van der Waals surface area (Å²) in [5, 5.41) is 0. The summed E-state index contributed by atoms with van der Waals surface area (Å²) in [5.41, 5.74) is -0.769. The Balaban J connectivity index is 0. The highest BCUT2D eigenvalue weighted by Gasteiger charge is 2.34. The van der Waals surface area contributed by atoms with Crippen LogP contribution in [0.5, 0.6) is 0 Å². The second kappa shape index (κ2) is 12.1. The van der Waals surface area contributed by atoms with Gasteiger partial charge in [-0.2, -0.15) is 4.31 Å². The van der Waals surface area contributed by atoms with Gasteiger partial charge in [-0.25, -0.2) is 13.2 Å². The van der Waals surface area contributed by atoms with Gasteiger partial charge in [0.1, 0.15) is 12.7 Å². The average Bonchev–Trinajstić information content (AvgIpc) is 2.51. The van der Waals surface area contributed by atoms with E-state index in [0.717, 1.165) is 0 Å². The molecule has 2 atom stereocenters. The maximum absolute atomic E-state index is 12.3. The van der Waals surface area contributed by atoms with E-state index in [1.54, 1.807) is 14.2 Å². The van der Waals surface area contributed by atoms with Crippen LogP contribution < -0.4 is 0 Å². The summed E-state index contributed by atoms with van der Waals surface area (Å²) in [6, 6.07) is 0. The zero-order chi connectivity index (χ0) is 22.3. The van der Waals surface area contributed by atoms with Crippen LogP contribution in [0.1, 0.15) is 55.9 Å². The molecule has 176 valence electrons. The van der Waals surface area contributed by atoms with Crippen LogP contribution in [0.4, 0.5) is 4.79 Å². The second-order valence-electron chi connectivity index (χ2n) is 9.22. The number of carbonyl (C=O) groups is 1. The van der Waals surface area contributed by atoms with Crippen molar-refractivity contribution in [3.8, 4) is 0 Å². The molecule has 0 aromatic carbocycles. The molecule has 0 heterocycles. The second-order valence-corrected chi connectivity index (χ2v) is 11.1. The number of sulfonamides is 1. The van der Waals surface area contributed by atoms with E-state index in [1.807, 2.05) is 48.5 Å². The van der Waals surface area contributed by atoms with Crippen molar-refractivity contribution in [1.29, 1.82) is 0 Å². The zero-order valence-corrected chi connectivity index (χ0v) is 20.1. The average molecular weight is 441 g/mol. The van der Waals surface area contributed by atoms with Gasteiger partial charge in [0.2, 0.25) is 10.0 Å². The molecule has 9 heteroatoms. The number of nitrogens with zero attached hydrogens (tertiary/aromatic N) is 2. The Hall–Kier alpha value is -0.900. The summed E-state index contributed by atoms with van der Waals surface area (Å²) >= 11 is 0. The molecule has 0 saturated carbocycles. The Morgan fingerprint density at radius 3 is 2.00 bits per heavy atom. The van der Waals surface area contributed by atoms with Gasteiger partial charge in [-0.05, 0) is 33.1 Å². The number of hydrogen-bond acceptors (Lipinski definition) is 6. The smallest absolute Gasteiger partial charge is 0.409 e. The lowest BCUT2D eigenvalue weighted by atomic mass is 9.90. The first kappa shape index (κ1) is 30.3. The molecule has 1 amide bonds. The molecule has 0 saturated heterocycles. The minimum atomic E-state index is -3.47. The largest absolute Gasteiger partial charge is 0.447 e. The monoisotopic (exact) mass is 440 g/mol. The number of carbonyl (C=O) groups excluding carboxylic acids is 1. The fraction of sp³-hybridized carbons (Fsp3) is 0.950. The SMILES string of the molecule is C.COCCN(C)C(=O)OC[C@H](CN(C(C)(C)C)S(C)(=O)=O)O[C@@H](C)C(C)(C)C. The summed E-state index contributed by atoms with van der Waals surface area (Å²) < 4.78 is 42.4. The zero-order valence-electron chi connectivity index (χ0n) is 19.2. The first-order chi connectivity index (χ1) is 12.5. The number of hydrogen-bond donors (Lipinski definition) is 0. The van der Waals surface area contributed by atoms with Crippen LogP contribution >= 0.6 is 0 Å². The lowest BCUT2D eigenvalue weighted by Crippen LogP contribution is -2.51. The molecular weight excluding hydrogens is 396 g/mol. The van der Waals surface area contributed by atoms with E-state index in [2.05, 4.69) is 0 Å². The number of amides is 1. The lowest BCUT2D eigenvalue weighted by Gasteiger charge is -2.38. The Labute approximate surface area is 178 Å². The molecule has 0 unspecified atom stereocenters. The van der Waals surface area contributed by atoms with Crippen molar-refractivity contribution < 1.29 is 27.4 Å². The van der Waals surface area contributed by atoms with Crippen molar-refractivity contribution in [2.75, 3.05) is 46.7 Å². The third-order valence-electron chi connectivity index (χ3n) is 4.47. The van der Waals surface area contributed by atoms with E-state index >= 15 is 0 Å². The Morgan fingerprint density at radius 1 is 1.10 bits per heavy atom. The van der Waals surface area contributed by atoms with E-state index in [1.165, 1.54) is 15.5 Å². The molecular formula is C20H44N2O6S. The lowest BCUT2D eigenvalue weighted by molar-refractivity contribution is -0.0864. The standard InChI is InChI=1S/C19H40N2O6S.CH4/c1-15(18(2,3)4)27-16(13-21(19(5,6)7)28(10,23)24)14-26-17(22)20(8)11-12-25-9;/h15-16H,11-14H2,1-10H3;1H4/t15-,16-;/m0./s1. The van der Waals surface area contributed by atoms with E-state index < -0.39 is 27.8 Å². The van der Waals surface area contributed by atoms with Crippen LogP contribution in [-0.2, 0) is 24.2 Å². The minimum absolute atomic E-state index is 0. The van der Waals surface area contributed by atoms with Crippen molar-refractivity contribution >= 4 is 16.1 Å². The highest BCUT2D eigenvalue weighted by molar-refractivity contribution is 7.88. The van der Waals surface area contributed by atoms with Crippen molar-refractivity contribution in [2.24, 2.45) is 5.41 Å². The number of methoxy groups -OCH3 is 1. The molecule has 0 spiro atoms. The summed E-state index contributed by atoms with van der Waals surface area (Å²) in [4.78, 5) is 13.6. The van der Waals surface area contributed by atoms with Gasteiger partial charge < -0.3 is 19.1 Å². The summed E-state index contributed by atoms with van der Waals surface area (Å²) in [6.07, 6.45) is -0.0880. The van der Waals surface area contributed by atoms with Gasteiger partial charge in [0.15, 0.2) is 0 Å². The van der Waals surface area contributed by atoms with Gasteiger partial charge in [-0.15, -0.1) is 0 Å². The summed E-state index contributed by atoms with van der Waals surface area (Å²) in [6.45, 7) is 14.4. The maximum Gasteiger partial charge on any atom is 0.409 e. The van der Waals surface area contributed by atoms with Crippen LogP contribution in [0.3, 0.4) is 0 Å². The molecule has 0 bridgehead atoms. The fourth-order valence-electron chi connectivity index (χ4n) is 2.31. The topological polar surface area (TPSA) is 85.4 Å². The van der Waals surface area contributed by atoms with Gasteiger partial charge in [0.25, 0.3) is 0 Å². The molecule has 0 aromatic heterocycles. The highest BCUT2D eigenvalue weighted by atomic mass is 32.2. The van der Waals surface area contributed by atoms with E-state index in [9.17, 15) is 13.2 Å². The molecule has 0 aliphatic carbocycles. The van der Waals surface area contributed by atoms with Gasteiger partial charge >= 0.3 is 6.09 Å². The molecule has 0 N–H and O–H groups in total. The molecule has 0 rings (SSSR count). The van der Waals surface area contributed by atoms with Gasteiger partial charge in [0.05, 0.1) is 19.0 Å². The van der Waals surface area contributed by atoms with Crippen molar-refractivity contribution in [3.63, 3.8) is 0 Å². The van der Waals surface area contributed by atoms with Gasteiger partial charge in [-0.1, -0.05) is 28.2 Å². The molecule has 0 radical (unpaired) electrons. The molecule has 0 aromatic rings. The van der Waals surface area contributed by atoms with Crippen LogP contribution in [0.25, 0.3) is 0 Å². The van der Waals surface area contributed by atoms with Crippen LogP contribution in [-0.4, -0.2) is 88.2 Å². The predicted octanol–water partition coefficient (Wildman–Crippen LogP) is 3.22. The van der Waals surface area contributed by atoms with Crippen molar-refractivity contribution in [1.82, 2.24) is 9.21 Å². The summed E-state index contributed by atoms with van der Waals surface area (Å²) in [7, 11) is -0.293. The van der Waals surface area contributed by atoms with E-state index in [0.29, 0.717) is 13.2 Å². The number of likely N-dealkylation sites (N-methyl/N-ethyl adjacent to an activating group) is 1. The Morgan fingerprint density at radius 2 is 1.62 bits per heavy atom. The summed E-state index contributed by atoms with van der Waals surface area (Å²) in [5.74, 6) is 0. The number of ether oxygens (including phenoxy) is 3. The van der Waals surface area contributed by atoms with Crippen molar-refractivity contribution in [2.45, 2.75) is 73.6 Å². The fourth-order valence-corrected chi connectivity index (χ4v) is 3.75. The van der Waals surface area contributed by atoms with Gasteiger partial charge in [-0.3, -0.25) is 0 Å². The molecule has 0 aliphatic heterocycles. The van der Waals surface area contributed by atoms with Crippen molar-refractivity contribution in [3.05, 3.63) is 0 Å². The van der Waals surface area contributed by atoms with Crippen LogP contribution in [0.2, 0.25) is 0 Å². The first-order valence-electron chi connectivity index (χ1n) is 9.50. The minimum Gasteiger partial charge on any atom is -0.447 e. The quantitative estimate of drug-likeness (QED) is 0.518. The van der Waals surface area contributed by atoms with Gasteiger partial charge in [0, 0.05) is 32.8 Å². The van der Waals surface area contributed by atoms with E-state index in [4.69, 9.17) is 14.2 Å². The number of rotatable bonds is 10. The Kier molecular flexibility index (Phi) is 12.6. The molecule has 29 heavy (non-hydrogen) atoms. The predicted molar refractivity (Wildman–Crippen MR) is 118 cm³/mol.